The molecule has 0 aliphatic rings. The molecule has 0 bridgehead atoms. The summed E-state index contributed by atoms with van der Waals surface area (Å²) in [5.41, 5.74) is 0. The van der Waals surface area contributed by atoms with Crippen molar-refractivity contribution in [1.82, 2.24) is 10.2 Å². The van der Waals surface area contributed by atoms with Crippen LogP contribution < -0.4 is 5.32 Å². The number of unbranched alkanes of at least 4 members (excludes halogenated alkanes) is 1. The number of hydrogen-bond donors (Lipinski definition) is 1. The summed E-state index contributed by atoms with van der Waals surface area (Å²) >= 11 is 6.19. The van der Waals surface area contributed by atoms with E-state index in [4.69, 9.17) is 11.6 Å². The molecule has 1 heterocycles. The zero-order chi connectivity index (χ0) is 13.9. The van der Waals surface area contributed by atoms with Gasteiger partial charge in [0.1, 0.15) is 0 Å². The fourth-order valence-electron chi connectivity index (χ4n) is 2.32. The summed E-state index contributed by atoms with van der Waals surface area (Å²) in [7, 11) is 0. The van der Waals surface area contributed by atoms with Crippen molar-refractivity contribution >= 4 is 51.4 Å². The first kappa shape index (κ1) is 15.8. The first-order valence-corrected chi connectivity index (χ1v) is 7.26. The normalized spacial score (nSPS) is 10.6. The second kappa shape index (κ2) is 6.92. The summed E-state index contributed by atoms with van der Waals surface area (Å²) in [6.45, 7) is 3.07. The van der Waals surface area contributed by atoms with Crippen molar-refractivity contribution in [3.8, 4) is 0 Å². The lowest BCUT2D eigenvalue weighted by Gasteiger charge is -2.09. The molecule has 0 spiro atoms. The summed E-state index contributed by atoms with van der Waals surface area (Å²) in [5.74, 6) is 0.809. The highest BCUT2D eigenvalue weighted by Gasteiger charge is 2.09. The second-order valence-corrected chi connectivity index (χ2v) is 5.22. The first-order valence-electron chi connectivity index (χ1n) is 6.88. The Morgan fingerprint density at radius 3 is 2.38 bits per heavy atom. The fraction of sp³-hybridized carbons (Fsp3) is 0.250. The van der Waals surface area contributed by atoms with Crippen LogP contribution in [0.2, 0.25) is 5.15 Å². The fourth-order valence-corrected chi connectivity index (χ4v) is 2.52. The number of benzene rings is 2. The Morgan fingerprint density at radius 2 is 1.71 bits per heavy atom. The van der Waals surface area contributed by atoms with Gasteiger partial charge in [-0.25, -0.2) is 0 Å². The number of halogens is 2. The van der Waals surface area contributed by atoms with Crippen molar-refractivity contribution < 1.29 is 0 Å². The Morgan fingerprint density at radius 1 is 1.05 bits per heavy atom. The number of hydrogen-bond acceptors (Lipinski definition) is 3. The topological polar surface area (TPSA) is 37.8 Å². The predicted octanol–water partition coefficient (Wildman–Crippen LogP) is 5.07. The SMILES string of the molecule is CCCCNc1nnc(Cl)c2cc3ccccc3cc12.Cl. The van der Waals surface area contributed by atoms with Crippen LogP contribution in [0.4, 0.5) is 5.82 Å². The van der Waals surface area contributed by atoms with Crippen LogP contribution in [0.3, 0.4) is 0 Å². The highest BCUT2D eigenvalue weighted by molar-refractivity contribution is 6.35. The largest absolute Gasteiger partial charge is 0.368 e. The van der Waals surface area contributed by atoms with Crippen molar-refractivity contribution in [3.63, 3.8) is 0 Å². The highest BCUT2D eigenvalue weighted by atomic mass is 35.5. The second-order valence-electron chi connectivity index (χ2n) is 4.86. The Hall–Kier alpha value is -1.58. The monoisotopic (exact) mass is 321 g/mol. The minimum Gasteiger partial charge on any atom is -0.368 e. The Balaban J connectivity index is 0.00000161. The molecular formula is C16H17Cl2N3. The molecule has 0 fully saturated rings. The number of fused-ring (bicyclic) bond motifs is 2. The molecule has 0 atom stereocenters. The average molecular weight is 322 g/mol. The molecule has 0 amide bonds. The van der Waals surface area contributed by atoms with Gasteiger partial charge in [0.25, 0.3) is 0 Å². The summed E-state index contributed by atoms with van der Waals surface area (Å²) < 4.78 is 0. The van der Waals surface area contributed by atoms with Gasteiger partial charge in [-0.2, -0.15) is 0 Å². The van der Waals surface area contributed by atoms with Crippen molar-refractivity contribution in [1.29, 1.82) is 0 Å². The Labute approximate surface area is 135 Å². The van der Waals surface area contributed by atoms with Crippen molar-refractivity contribution in [2.75, 3.05) is 11.9 Å². The standard InChI is InChI=1S/C16H16ClN3.ClH/c1-2-3-8-18-16-14-10-12-7-5-4-6-11(12)9-13(14)15(17)19-20-16;/h4-7,9-10H,2-3,8H2,1H3,(H,18,20);1H. The zero-order valence-corrected chi connectivity index (χ0v) is 13.3. The first-order chi connectivity index (χ1) is 9.79. The van der Waals surface area contributed by atoms with E-state index in [9.17, 15) is 0 Å². The van der Waals surface area contributed by atoms with Crippen LogP contribution in [-0.2, 0) is 0 Å². The molecule has 0 radical (unpaired) electrons. The molecule has 0 saturated carbocycles. The Bertz CT molecular complexity index is 759. The molecule has 5 heteroatoms. The van der Waals surface area contributed by atoms with Gasteiger partial charge in [-0.05, 0) is 29.3 Å². The van der Waals surface area contributed by atoms with Gasteiger partial charge < -0.3 is 5.32 Å². The molecule has 21 heavy (non-hydrogen) atoms. The van der Waals surface area contributed by atoms with Crippen molar-refractivity contribution in [2.45, 2.75) is 19.8 Å². The third kappa shape index (κ3) is 3.20. The number of aromatic nitrogens is 2. The quantitative estimate of drug-likeness (QED) is 0.538. The molecule has 3 nitrogen and oxygen atoms in total. The van der Waals surface area contributed by atoms with E-state index in [-0.39, 0.29) is 12.4 Å². The van der Waals surface area contributed by atoms with E-state index in [1.54, 1.807) is 0 Å². The lowest BCUT2D eigenvalue weighted by atomic mass is 10.1. The van der Waals surface area contributed by atoms with Crippen LogP contribution >= 0.6 is 24.0 Å². The van der Waals surface area contributed by atoms with Gasteiger partial charge in [-0.1, -0.05) is 49.2 Å². The van der Waals surface area contributed by atoms with Gasteiger partial charge in [0.2, 0.25) is 0 Å². The zero-order valence-electron chi connectivity index (χ0n) is 11.8. The lowest BCUT2D eigenvalue weighted by Crippen LogP contribution is -2.04. The minimum absolute atomic E-state index is 0. The Kier molecular flexibility index (Phi) is 5.21. The van der Waals surface area contributed by atoms with Crippen LogP contribution in [0.15, 0.2) is 36.4 Å². The van der Waals surface area contributed by atoms with E-state index >= 15 is 0 Å². The molecule has 110 valence electrons. The molecule has 0 unspecified atom stereocenters. The van der Waals surface area contributed by atoms with E-state index in [0.717, 1.165) is 41.4 Å². The van der Waals surface area contributed by atoms with Crippen LogP contribution in [0, 0.1) is 0 Å². The highest BCUT2D eigenvalue weighted by Crippen LogP contribution is 2.30. The minimum atomic E-state index is 0. The maximum absolute atomic E-state index is 6.19. The number of nitrogens with one attached hydrogen (secondary N) is 1. The van der Waals surface area contributed by atoms with Crippen LogP contribution in [-0.4, -0.2) is 16.7 Å². The average Bonchev–Trinajstić information content (AvgIpc) is 2.48. The molecule has 3 aromatic rings. The van der Waals surface area contributed by atoms with Gasteiger partial charge in [0.05, 0.1) is 0 Å². The van der Waals surface area contributed by atoms with E-state index in [2.05, 4.69) is 46.7 Å². The molecule has 0 aliphatic heterocycles. The molecular weight excluding hydrogens is 305 g/mol. The number of anilines is 1. The summed E-state index contributed by atoms with van der Waals surface area (Å²) in [6.07, 6.45) is 2.26. The summed E-state index contributed by atoms with van der Waals surface area (Å²) in [5, 5.41) is 16.4. The van der Waals surface area contributed by atoms with Crippen LogP contribution in [0.25, 0.3) is 21.5 Å². The van der Waals surface area contributed by atoms with Crippen molar-refractivity contribution in [2.24, 2.45) is 0 Å². The van der Waals surface area contributed by atoms with E-state index in [1.807, 2.05) is 12.1 Å². The van der Waals surface area contributed by atoms with Crippen LogP contribution in [0.1, 0.15) is 19.8 Å². The maximum Gasteiger partial charge on any atom is 0.159 e. The molecule has 0 aliphatic carbocycles. The lowest BCUT2D eigenvalue weighted by molar-refractivity contribution is 0.828. The number of nitrogens with zero attached hydrogens (tertiary/aromatic N) is 2. The van der Waals surface area contributed by atoms with E-state index in [1.165, 1.54) is 5.39 Å². The third-order valence-electron chi connectivity index (χ3n) is 3.42. The van der Waals surface area contributed by atoms with Gasteiger partial charge in [0.15, 0.2) is 11.0 Å². The number of rotatable bonds is 4. The molecule has 0 saturated heterocycles. The third-order valence-corrected chi connectivity index (χ3v) is 3.70. The maximum atomic E-state index is 6.19. The van der Waals surface area contributed by atoms with Gasteiger partial charge in [-0.3, -0.25) is 0 Å². The van der Waals surface area contributed by atoms with Crippen molar-refractivity contribution in [3.05, 3.63) is 41.6 Å². The van der Waals surface area contributed by atoms with Gasteiger partial charge in [-0.15, -0.1) is 22.6 Å². The predicted molar refractivity (Wildman–Crippen MR) is 92.7 cm³/mol. The van der Waals surface area contributed by atoms with Gasteiger partial charge in [0, 0.05) is 17.3 Å². The van der Waals surface area contributed by atoms with Gasteiger partial charge >= 0.3 is 0 Å². The van der Waals surface area contributed by atoms with Crippen LogP contribution in [0.5, 0.6) is 0 Å². The molecule has 1 N–H and O–H groups in total. The summed E-state index contributed by atoms with van der Waals surface area (Å²) in [6, 6.07) is 12.4. The molecule has 3 rings (SSSR count). The summed E-state index contributed by atoms with van der Waals surface area (Å²) in [4.78, 5) is 0. The molecule has 2 aromatic carbocycles. The van der Waals surface area contributed by atoms with E-state index in [0.29, 0.717) is 5.15 Å². The van der Waals surface area contributed by atoms with E-state index < -0.39 is 0 Å². The molecule has 1 aromatic heterocycles. The smallest absolute Gasteiger partial charge is 0.159 e.